The molecule has 28 heavy (non-hydrogen) atoms. The van der Waals surface area contributed by atoms with Gasteiger partial charge in [0, 0.05) is 24.8 Å². The van der Waals surface area contributed by atoms with Crippen LogP contribution in [0.15, 0.2) is 24.3 Å². The highest BCUT2D eigenvalue weighted by Gasteiger charge is 2.45. The Morgan fingerprint density at radius 3 is 2.64 bits per heavy atom. The number of carbonyl (C=O) groups excluding carboxylic acids is 3. The molecule has 3 N–H and O–H groups in total. The number of nitrogens with two attached hydrogens (primary N) is 1. The Hall–Kier alpha value is -1.96. The fourth-order valence-corrected chi connectivity index (χ4v) is 4.55. The summed E-state index contributed by atoms with van der Waals surface area (Å²) in [6, 6.07) is 7.26. The van der Waals surface area contributed by atoms with E-state index in [1.165, 1.54) is 10.5 Å². The monoisotopic (exact) mass is 407 g/mol. The van der Waals surface area contributed by atoms with E-state index in [2.05, 4.69) is 11.4 Å². The van der Waals surface area contributed by atoms with Crippen LogP contribution in [-0.4, -0.2) is 42.0 Å². The van der Waals surface area contributed by atoms with Crippen LogP contribution in [0, 0.1) is 5.92 Å². The Morgan fingerprint density at radius 1 is 1.18 bits per heavy atom. The number of amides is 4. The Morgan fingerprint density at radius 2 is 1.89 bits per heavy atom. The van der Waals surface area contributed by atoms with Crippen molar-refractivity contribution in [2.24, 2.45) is 11.7 Å². The number of hydrogen-bond acceptors (Lipinski definition) is 5. The van der Waals surface area contributed by atoms with Crippen LogP contribution in [-0.2, 0) is 26.3 Å². The van der Waals surface area contributed by atoms with Crippen molar-refractivity contribution in [1.82, 2.24) is 10.2 Å². The second-order valence-electron chi connectivity index (χ2n) is 7.75. The predicted octanol–water partition coefficient (Wildman–Crippen LogP) is 1.86. The highest BCUT2D eigenvalue weighted by atomic mass is 35.5. The van der Waals surface area contributed by atoms with Crippen molar-refractivity contribution in [3.05, 3.63) is 35.4 Å². The molecule has 3 aliphatic rings. The van der Waals surface area contributed by atoms with E-state index in [1.807, 2.05) is 18.2 Å². The standard InChI is InChI=1S/C20H25N3O4.ClH/c21-20(9-5-13-3-1-2-4-16(13)20)10-6-15-17(24)22-19(26)23(18(15)25)14-7-11-27-12-8-14;/h1-4,14-15H,5-12,21H2,(H,22,24,26);1H/t15?,20-;/m0./s1. The number of fused-ring (bicyclic) bond motifs is 1. The molecule has 0 bridgehead atoms. The van der Waals surface area contributed by atoms with Crippen LogP contribution in [0.25, 0.3) is 0 Å². The summed E-state index contributed by atoms with van der Waals surface area (Å²) in [5.74, 6) is -1.77. The summed E-state index contributed by atoms with van der Waals surface area (Å²) in [5.41, 5.74) is 8.46. The molecule has 0 spiro atoms. The van der Waals surface area contributed by atoms with Gasteiger partial charge >= 0.3 is 6.03 Å². The molecule has 1 unspecified atom stereocenters. The van der Waals surface area contributed by atoms with Gasteiger partial charge in [-0.05, 0) is 49.7 Å². The molecule has 8 heteroatoms. The number of imide groups is 2. The molecule has 4 rings (SSSR count). The summed E-state index contributed by atoms with van der Waals surface area (Å²) in [5, 5.41) is 2.36. The Labute approximate surface area is 170 Å². The van der Waals surface area contributed by atoms with Crippen molar-refractivity contribution in [1.29, 1.82) is 0 Å². The summed E-state index contributed by atoms with van der Waals surface area (Å²) >= 11 is 0. The van der Waals surface area contributed by atoms with Gasteiger partial charge in [-0.15, -0.1) is 12.4 Å². The lowest BCUT2D eigenvalue weighted by atomic mass is 9.84. The minimum Gasteiger partial charge on any atom is -0.381 e. The minimum absolute atomic E-state index is 0. The third kappa shape index (κ3) is 3.66. The molecule has 2 heterocycles. The molecule has 2 atom stereocenters. The van der Waals surface area contributed by atoms with E-state index in [0.29, 0.717) is 38.9 Å². The van der Waals surface area contributed by atoms with E-state index in [1.54, 1.807) is 0 Å². The molecule has 1 aliphatic carbocycles. The Balaban J connectivity index is 0.00000225. The quantitative estimate of drug-likeness (QED) is 0.742. The van der Waals surface area contributed by atoms with Gasteiger partial charge in [0.2, 0.25) is 11.8 Å². The number of ether oxygens (including phenoxy) is 1. The van der Waals surface area contributed by atoms with Gasteiger partial charge in [0.15, 0.2) is 0 Å². The topological polar surface area (TPSA) is 102 Å². The van der Waals surface area contributed by atoms with E-state index in [0.717, 1.165) is 18.4 Å². The summed E-state index contributed by atoms with van der Waals surface area (Å²) in [7, 11) is 0. The zero-order valence-electron chi connectivity index (χ0n) is 15.7. The fourth-order valence-electron chi connectivity index (χ4n) is 4.55. The van der Waals surface area contributed by atoms with E-state index in [-0.39, 0.29) is 18.4 Å². The number of benzene rings is 1. The van der Waals surface area contributed by atoms with Gasteiger partial charge in [0.1, 0.15) is 5.92 Å². The minimum atomic E-state index is -0.862. The van der Waals surface area contributed by atoms with Crippen molar-refractivity contribution in [2.75, 3.05) is 13.2 Å². The van der Waals surface area contributed by atoms with Gasteiger partial charge in [-0.3, -0.25) is 19.8 Å². The molecule has 0 aromatic heterocycles. The van der Waals surface area contributed by atoms with E-state index >= 15 is 0 Å². The summed E-state index contributed by atoms with van der Waals surface area (Å²) in [6.07, 6.45) is 3.79. The van der Waals surface area contributed by atoms with Crippen molar-refractivity contribution in [3.63, 3.8) is 0 Å². The molecule has 152 valence electrons. The van der Waals surface area contributed by atoms with Crippen LogP contribution in [0.5, 0.6) is 0 Å². The second-order valence-corrected chi connectivity index (χ2v) is 7.75. The van der Waals surface area contributed by atoms with Crippen LogP contribution < -0.4 is 11.1 Å². The molecule has 7 nitrogen and oxygen atoms in total. The van der Waals surface area contributed by atoms with Gasteiger partial charge in [-0.25, -0.2) is 4.79 Å². The Bertz CT molecular complexity index is 780. The van der Waals surface area contributed by atoms with Crippen LogP contribution in [0.1, 0.15) is 43.2 Å². The number of aryl methyl sites for hydroxylation is 1. The van der Waals surface area contributed by atoms with Gasteiger partial charge in [0.25, 0.3) is 0 Å². The zero-order valence-corrected chi connectivity index (χ0v) is 16.5. The lowest BCUT2D eigenvalue weighted by molar-refractivity contribution is -0.145. The largest absolute Gasteiger partial charge is 0.381 e. The predicted molar refractivity (Wildman–Crippen MR) is 105 cm³/mol. The number of hydrogen-bond donors (Lipinski definition) is 2. The maximum Gasteiger partial charge on any atom is 0.331 e. The average molecular weight is 408 g/mol. The van der Waals surface area contributed by atoms with Crippen LogP contribution >= 0.6 is 12.4 Å². The highest BCUT2D eigenvalue weighted by Crippen LogP contribution is 2.39. The van der Waals surface area contributed by atoms with Crippen LogP contribution in [0.2, 0.25) is 0 Å². The van der Waals surface area contributed by atoms with E-state index in [9.17, 15) is 14.4 Å². The van der Waals surface area contributed by atoms with Gasteiger partial charge in [0.05, 0.1) is 0 Å². The third-order valence-corrected chi connectivity index (χ3v) is 6.13. The summed E-state index contributed by atoms with van der Waals surface area (Å²) < 4.78 is 5.32. The number of barbiturate groups is 1. The van der Waals surface area contributed by atoms with Crippen molar-refractivity contribution in [3.8, 4) is 0 Å². The fraction of sp³-hybridized carbons (Fsp3) is 0.550. The maximum atomic E-state index is 13.0. The zero-order chi connectivity index (χ0) is 19.0. The highest BCUT2D eigenvalue weighted by molar-refractivity contribution is 6.16. The summed E-state index contributed by atoms with van der Waals surface area (Å²) in [6.45, 7) is 1.03. The van der Waals surface area contributed by atoms with Crippen molar-refractivity contribution >= 4 is 30.3 Å². The molecule has 2 saturated heterocycles. The number of rotatable bonds is 4. The first-order valence-electron chi connectivity index (χ1n) is 9.62. The lowest BCUT2D eigenvalue weighted by Gasteiger charge is -2.38. The number of nitrogens with zero attached hydrogens (tertiary/aromatic N) is 1. The first kappa shape index (κ1) is 20.8. The second kappa shape index (κ2) is 8.19. The number of carbonyl (C=O) groups is 3. The van der Waals surface area contributed by atoms with E-state index < -0.39 is 29.3 Å². The molecule has 1 aromatic carbocycles. The number of halogens is 1. The lowest BCUT2D eigenvalue weighted by Crippen LogP contribution is -2.61. The molecule has 4 amide bonds. The first-order chi connectivity index (χ1) is 13.0. The Kier molecular flexibility index (Phi) is 6.07. The molecule has 2 aliphatic heterocycles. The normalized spacial score (nSPS) is 28.0. The van der Waals surface area contributed by atoms with Crippen molar-refractivity contribution < 1.29 is 19.1 Å². The van der Waals surface area contributed by atoms with Gasteiger partial charge < -0.3 is 10.5 Å². The molecule has 0 saturated carbocycles. The number of nitrogens with one attached hydrogen (secondary N) is 1. The maximum absolute atomic E-state index is 13.0. The van der Waals surface area contributed by atoms with E-state index in [4.69, 9.17) is 10.5 Å². The van der Waals surface area contributed by atoms with Gasteiger partial charge in [-0.1, -0.05) is 24.3 Å². The molecular formula is C20H26ClN3O4. The molecule has 0 radical (unpaired) electrons. The van der Waals surface area contributed by atoms with Crippen LogP contribution in [0.4, 0.5) is 4.79 Å². The SMILES string of the molecule is Cl.N[C@]1(CCC2C(=O)NC(=O)N(C3CCOCC3)C2=O)CCc2ccccc21. The summed E-state index contributed by atoms with van der Waals surface area (Å²) in [4.78, 5) is 38.8. The van der Waals surface area contributed by atoms with Gasteiger partial charge in [-0.2, -0.15) is 0 Å². The van der Waals surface area contributed by atoms with Crippen molar-refractivity contribution in [2.45, 2.75) is 50.1 Å². The molecule has 1 aromatic rings. The smallest absolute Gasteiger partial charge is 0.331 e. The average Bonchev–Trinajstić information content (AvgIpc) is 3.00. The van der Waals surface area contributed by atoms with Crippen LogP contribution in [0.3, 0.4) is 0 Å². The molecular weight excluding hydrogens is 382 g/mol. The first-order valence-corrected chi connectivity index (χ1v) is 9.62. The molecule has 2 fully saturated rings. The number of urea groups is 1. The third-order valence-electron chi connectivity index (χ3n) is 6.13.